The number of hydrogen-bond donors (Lipinski definition) is 1. The van der Waals surface area contributed by atoms with Gasteiger partial charge in [-0.3, -0.25) is 9.59 Å². The lowest BCUT2D eigenvalue weighted by Gasteiger charge is -2.26. The second-order valence-corrected chi connectivity index (χ2v) is 9.14. The lowest BCUT2D eigenvalue weighted by atomic mass is 10.0. The average Bonchev–Trinajstić information content (AvgIpc) is 3.38. The topological polar surface area (TPSA) is 49.4 Å². The summed E-state index contributed by atoms with van der Waals surface area (Å²) in [4.78, 5) is 27.6. The van der Waals surface area contributed by atoms with Gasteiger partial charge in [0.2, 0.25) is 11.8 Å². The van der Waals surface area contributed by atoms with Gasteiger partial charge in [-0.1, -0.05) is 66.9 Å². The summed E-state index contributed by atoms with van der Waals surface area (Å²) in [5, 5.41) is 2.87. The first kappa shape index (κ1) is 23.7. The minimum absolute atomic E-state index is 0.0849. The predicted molar refractivity (Wildman–Crippen MR) is 133 cm³/mol. The van der Waals surface area contributed by atoms with E-state index in [2.05, 4.69) is 30.4 Å². The number of carbonyl (C=O) groups excluding carboxylic acids is 2. The summed E-state index contributed by atoms with van der Waals surface area (Å²) in [6.07, 6.45) is 4.38. The summed E-state index contributed by atoms with van der Waals surface area (Å²) in [6, 6.07) is 22.1. The van der Waals surface area contributed by atoms with E-state index in [0.717, 1.165) is 48.1 Å². The predicted octanol–water partition coefficient (Wildman–Crippen LogP) is 5.72. The van der Waals surface area contributed by atoms with E-state index in [4.69, 9.17) is 0 Å². The quantitative estimate of drug-likeness (QED) is 0.470. The first-order valence-electron chi connectivity index (χ1n) is 11.9. The fourth-order valence-electron chi connectivity index (χ4n) is 4.53. The molecule has 1 aliphatic carbocycles. The van der Waals surface area contributed by atoms with Crippen LogP contribution in [-0.2, 0) is 29.1 Å². The third-order valence-corrected chi connectivity index (χ3v) is 6.41. The minimum Gasteiger partial charge on any atom is -0.352 e. The number of anilines is 1. The molecule has 0 spiro atoms. The smallest absolute Gasteiger partial charge is 0.230 e. The maximum atomic E-state index is 13.4. The molecule has 4 rings (SSSR count). The van der Waals surface area contributed by atoms with Crippen molar-refractivity contribution in [3.63, 3.8) is 0 Å². The molecule has 34 heavy (non-hydrogen) atoms. The zero-order valence-corrected chi connectivity index (χ0v) is 19.6. The normalized spacial score (nSPS) is 13.6. The van der Waals surface area contributed by atoms with Crippen molar-refractivity contribution in [1.82, 2.24) is 5.32 Å². The van der Waals surface area contributed by atoms with Crippen LogP contribution in [0.5, 0.6) is 0 Å². The Morgan fingerprint density at radius 2 is 1.59 bits per heavy atom. The molecule has 1 saturated carbocycles. The van der Waals surface area contributed by atoms with Crippen LogP contribution in [0.4, 0.5) is 10.1 Å². The van der Waals surface area contributed by atoms with Crippen LogP contribution in [0.2, 0.25) is 0 Å². The van der Waals surface area contributed by atoms with Crippen molar-refractivity contribution in [1.29, 1.82) is 0 Å². The molecule has 0 radical (unpaired) electrons. The number of nitrogens with one attached hydrogen (secondary N) is 1. The summed E-state index contributed by atoms with van der Waals surface area (Å²) in [7, 11) is 0. The molecule has 176 valence electrons. The molecular weight excluding hydrogens is 427 g/mol. The van der Waals surface area contributed by atoms with Gasteiger partial charge in [0, 0.05) is 18.2 Å². The summed E-state index contributed by atoms with van der Waals surface area (Å²) in [6.45, 7) is 2.95. The molecule has 2 amide bonds. The van der Waals surface area contributed by atoms with Crippen molar-refractivity contribution in [2.45, 2.75) is 52.1 Å². The first-order chi connectivity index (χ1) is 16.5. The highest BCUT2D eigenvalue weighted by atomic mass is 19.1. The molecule has 1 aliphatic rings. The van der Waals surface area contributed by atoms with Gasteiger partial charge in [0.05, 0.1) is 13.0 Å². The Morgan fingerprint density at radius 1 is 0.912 bits per heavy atom. The maximum Gasteiger partial charge on any atom is 0.230 e. The van der Waals surface area contributed by atoms with E-state index in [1.165, 1.54) is 17.7 Å². The minimum atomic E-state index is -0.293. The summed E-state index contributed by atoms with van der Waals surface area (Å²) >= 11 is 0. The van der Waals surface area contributed by atoms with E-state index in [-0.39, 0.29) is 30.0 Å². The molecule has 0 saturated heterocycles. The van der Waals surface area contributed by atoms with E-state index < -0.39 is 0 Å². The van der Waals surface area contributed by atoms with Crippen LogP contribution < -0.4 is 10.2 Å². The summed E-state index contributed by atoms with van der Waals surface area (Å²) in [5.74, 6) is -0.126. The molecule has 0 aromatic heterocycles. The molecular formula is C29H31FN2O2. The van der Waals surface area contributed by atoms with Crippen LogP contribution in [0.1, 0.15) is 47.9 Å². The van der Waals surface area contributed by atoms with Gasteiger partial charge in [0.15, 0.2) is 0 Å². The lowest BCUT2D eigenvalue weighted by Crippen LogP contribution is -2.35. The number of aryl methyl sites for hydroxylation is 1. The number of hydrogen-bond acceptors (Lipinski definition) is 2. The summed E-state index contributed by atoms with van der Waals surface area (Å²) < 4.78 is 13.0. The molecule has 0 atom stereocenters. The van der Waals surface area contributed by atoms with Crippen LogP contribution in [0.15, 0.2) is 72.8 Å². The number of nitrogens with zero attached hydrogens (tertiary/aromatic N) is 1. The van der Waals surface area contributed by atoms with Gasteiger partial charge in [-0.15, -0.1) is 0 Å². The van der Waals surface area contributed by atoms with Crippen molar-refractivity contribution in [2.24, 2.45) is 5.92 Å². The van der Waals surface area contributed by atoms with E-state index in [1.54, 1.807) is 12.1 Å². The Kier molecular flexibility index (Phi) is 7.73. The Hall–Kier alpha value is -3.47. The highest BCUT2D eigenvalue weighted by Gasteiger charge is 2.28. The van der Waals surface area contributed by atoms with Crippen LogP contribution in [0, 0.1) is 18.7 Å². The number of amides is 2. The van der Waals surface area contributed by atoms with Crippen LogP contribution in [0.25, 0.3) is 0 Å². The van der Waals surface area contributed by atoms with Crippen LogP contribution >= 0.6 is 0 Å². The van der Waals surface area contributed by atoms with Crippen molar-refractivity contribution in [2.75, 3.05) is 4.90 Å². The molecule has 4 nitrogen and oxygen atoms in total. The average molecular weight is 459 g/mol. The molecule has 1 fully saturated rings. The highest BCUT2D eigenvalue weighted by Crippen LogP contribution is 2.30. The van der Waals surface area contributed by atoms with E-state index in [0.29, 0.717) is 13.1 Å². The molecule has 5 heteroatoms. The number of carbonyl (C=O) groups is 2. The Labute approximate surface area is 200 Å². The fraction of sp³-hybridized carbons (Fsp3) is 0.310. The number of halogens is 1. The monoisotopic (exact) mass is 458 g/mol. The fourth-order valence-corrected chi connectivity index (χ4v) is 4.53. The van der Waals surface area contributed by atoms with Crippen LogP contribution in [0.3, 0.4) is 0 Å². The molecule has 3 aromatic rings. The molecule has 0 bridgehead atoms. The largest absolute Gasteiger partial charge is 0.352 e. The van der Waals surface area contributed by atoms with Crippen molar-refractivity contribution >= 4 is 17.5 Å². The standard InChI is InChI=1S/C29H31FN2O2/c1-21-5-4-6-24(17-21)20-32(29(34)25-7-2-3-8-25)27-15-11-22(12-16-27)18-28(33)31-19-23-9-13-26(30)14-10-23/h4-6,9-17,25H,2-3,7-8,18-20H2,1H3,(H,31,33). The van der Waals surface area contributed by atoms with Crippen LogP contribution in [-0.4, -0.2) is 11.8 Å². The second-order valence-electron chi connectivity index (χ2n) is 9.14. The molecule has 0 aliphatic heterocycles. The van der Waals surface area contributed by atoms with Gasteiger partial charge in [-0.2, -0.15) is 0 Å². The Bertz CT molecular complexity index is 1120. The third-order valence-electron chi connectivity index (χ3n) is 6.41. The van der Waals surface area contributed by atoms with Gasteiger partial charge in [-0.25, -0.2) is 4.39 Å². The summed E-state index contributed by atoms with van der Waals surface area (Å²) in [5.41, 5.74) is 4.86. The molecule has 1 N–H and O–H groups in total. The van der Waals surface area contributed by atoms with Crippen molar-refractivity contribution in [3.05, 3.63) is 101 Å². The van der Waals surface area contributed by atoms with Gasteiger partial charge >= 0.3 is 0 Å². The van der Waals surface area contributed by atoms with E-state index in [9.17, 15) is 14.0 Å². The maximum absolute atomic E-state index is 13.4. The second kappa shape index (κ2) is 11.1. The van der Waals surface area contributed by atoms with Crippen molar-refractivity contribution in [3.8, 4) is 0 Å². The van der Waals surface area contributed by atoms with Crippen molar-refractivity contribution < 1.29 is 14.0 Å². The SMILES string of the molecule is Cc1cccc(CN(C(=O)C2CCCC2)c2ccc(CC(=O)NCc3ccc(F)cc3)cc2)c1. The van der Waals surface area contributed by atoms with Gasteiger partial charge in [0.1, 0.15) is 5.82 Å². The highest BCUT2D eigenvalue weighted by molar-refractivity contribution is 5.95. The van der Waals surface area contributed by atoms with Gasteiger partial charge < -0.3 is 10.2 Å². The third kappa shape index (κ3) is 6.31. The molecule has 0 heterocycles. The number of benzene rings is 3. The number of rotatable bonds is 8. The van der Waals surface area contributed by atoms with Gasteiger partial charge in [0.25, 0.3) is 0 Å². The van der Waals surface area contributed by atoms with E-state index in [1.807, 2.05) is 35.2 Å². The first-order valence-corrected chi connectivity index (χ1v) is 11.9. The Morgan fingerprint density at radius 3 is 2.26 bits per heavy atom. The van der Waals surface area contributed by atoms with Gasteiger partial charge in [-0.05, 0) is 60.7 Å². The zero-order valence-electron chi connectivity index (χ0n) is 19.6. The lowest BCUT2D eigenvalue weighted by molar-refractivity contribution is -0.122. The Balaban J connectivity index is 1.42. The van der Waals surface area contributed by atoms with E-state index >= 15 is 0 Å². The molecule has 0 unspecified atom stereocenters. The molecule has 3 aromatic carbocycles. The zero-order chi connectivity index (χ0) is 23.9.